The van der Waals surface area contributed by atoms with Gasteiger partial charge in [-0.1, -0.05) is 29.4 Å². The van der Waals surface area contributed by atoms with Crippen molar-refractivity contribution in [2.75, 3.05) is 0 Å². The SMILES string of the molecule is CC=CC(=CC(C)=C(C)C)/C=C(/C)C(C)=O. The van der Waals surface area contributed by atoms with E-state index < -0.39 is 0 Å². The van der Waals surface area contributed by atoms with Crippen LogP contribution in [-0.4, -0.2) is 5.78 Å². The summed E-state index contributed by atoms with van der Waals surface area (Å²) in [5.74, 6) is 0.116. The molecule has 0 radical (unpaired) electrons. The molecule has 0 bridgehead atoms. The minimum Gasteiger partial charge on any atom is -0.295 e. The molecule has 16 heavy (non-hydrogen) atoms. The van der Waals surface area contributed by atoms with E-state index in [1.54, 1.807) is 6.92 Å². The third-order valence-corrected chi connectivity index (χ3v) is 2.47. The van der Waals surface area contributed by atoms with E-state index in [0.29, 0.717) is 0 Å². The third kappa shape index (κ3) is 5.50. The van der Waals surface area contributed by atoms with Gasteiger partial charge in [-0.2, -0.15) is 0 Å². The molecule has 0 spiro atoms. The molecule has 0 saturated heterocycles. The second-order valence-corrected chi connectivity index (χ2v) is 4.21. The molecule has 1 heteroatoms. The van der Waals surface area contributed by atoms with Crippen LogP contribution in [-0.2, 0) is 4.79 Å². The molecule has 0 aromatic carbocycles. The van der Waals surface area contributed by atoms with Crippen LogP contribution in [0, 0.1) is 0 Å². The van der Waals surface area contributed by atoms with Gasteiger partial charge in [-0.15, -0.1) is 0 Å². The van der Waals surface area contributed by atoms with Gasteiger partial charge in [-0.25, -0.2) is 0 Å². The number of hydrogen-bond acceptors (Lipinski definition) is 1. The van der Waals surface area contributed by atoms with Gasteiger partial charge in [0.25, 0.3) is 0 Å². The summed E-state index contributed by atoms with van der Waals surface area (Å²) in [5, 5.41) is 0. The number of carbonyl (C=O) groups excluding carboxylic acids is 1. The van der Waals surface area contributed by atoms with Crippen molar-refractivity contribution in [2.24, 2.45) is 0 Å². The van der Waals surface area contributed by atoms with Crippen LogP contribution in [0.5, 0.6) is 0 Å². The van der Waals surface area contributed by atoms with Crippen molar-refractivity contribution in [2.45, 2.75) is 41.5 Å². The highest BCUT2D eigenvalue weighted by molar-refractivity contribution is 5.93. The lowest BCUT2D eigenvalue weighted by molar-refractivity contribution is -0.113. The molecule has 0 aliphatic heterocycles. The Morgan fingerprint density at radius 1 is 0.938 bits per heavy atom. The van der Waals surface area contributed by atoms with Gasteiger partial charge in [-0.3, -0.25) is 4.79 Å². The standard InChI is InChI=1S/C15H22O/c1-7-8-15(9-12(4)11(2)3)10-13(5)14(6)16/h7-10H,1-6H3/b8-7?,13-10-,15-9?. The van der Waals surface area contributed by atoms with Crippen LogP contribution in [0.3, 0.4) is 0 Å². The Kier molecular flexibility index (Phi) is 6.40. The summed E-state index contributed by atoms with van der Waals surface area (Å²) in [5.41, 5.74) is 4.37. The van der Waals surface area contributed by atoms with Crippen molar-refractivity contribution in [3.8, 4) is 0 Å². The molecule has 0 aliphatic carbocycles. The Bertz CT molecular complexity index is 372. The molecule has 0 aliphatic rings. The summed E-state index contributed by atoms with van der Waals surface area (Å²) in [6.45, 7) is 11.7. The van der Waals surface area contributed by atoms with E-state index in [9.17, 15) is 4.79 Å². The zero-order valence-electron chi connectivity index (χ0n) is 11.2. The summed E-state index contributed by atoms with van der Waals surface area (Å²) in [7, 11) is 0. The third-order valence-electron chi connectivity index (χ3n) is 2.47. The van der Waals surface area contributed by atoms with Crippen molar-refractivity contribution in [1.29, 1.82) is 0 Å². The quantitative estimate of drug-likeness (QED) is 0.505. The maximum Gasteiger partial charge on any atom is 0.155 e. The van der Waals surface area contributed by atoms with Crippen LogP contribution in [0.15, 0.2) is 46.6 Å². The second kappa shape index (κ2) is 7.00. The summed E-state index contributed by atoms with van der Waals surface area (Å²) in [4.78, 5) is 11.2. The van der Waals surface area contributed by atoms with Gasteiger partial charge in [-0.05, 0) is 58.8 Å². The predicted molar refractivity (Wildman–Crippen MR) is 71.4 cm³/mol. The zero-order valence-corrected chi connectivity index (χ0v) is 11.2. The highest BCUT2D eigenvalue weighted by Gasteiger charge is 1.97. The van der Waals surface area contributed by atoms with Crippen LogP contribution in [0.4, 0.5) is 0 Å². The van der Waals surface area contributed by atoms with E-state index in [1.165, 1.54) is 11.1 Å². The Balaban J connectivity index is 5.27. The highest BCUT2D eigenvalue weighted by atomic mass is 16.1. The molecule has 0 fully saturated rings. The Morgan fingerprint density at radius 2 is 1.50 bits per heavy atom. The molecule has 0 saturated carbocycles. The van der Waals surface area contributed by atoms with Crippen molar-refractivity contribution in [1.82, 2.24) is 0 Å². The molecule has 0 unspecified atom stereocenters. The molecule has 0 aromatic heterocycles. The molecule has 0 heterocycles. The summed E-state index contributed by atoms with van der Waals surface area (Å²) >= 11 is 0. The number of rotatable bonds is 4. The second-order valence-electron chi connectivity index (χ2n) is 4.21. The normalized spacial score (nSPS) is 13.1. The molecule has 0 amide bonds. The van der Waals surface area contributed by atoms with Crippen molar-refractivity contribution >= 4 is 5.78 Å². The first kappa shape index (κ1) is 14.6. The number of Topliss-reactive ketones (excluding diaryl/α,β-unsaturated/α-hetero) is 1. The Labute approximate surface area is 99.3 Å². The van der Waals surface area contributed by atoms with Crippen LogP contribution < -0.4 is 0 Å². The topological polar surface area (TPSA) is 17.1 Å². The smallest absolute Gasteiger partial charge is 0.155 e. The van der Waals surface area contributed by atoms with Crippen LogP contribution in [0.1, 0.15) is 41.5 Å². The van der Waals surface area contributed by atoms with E-state index >= 15 is 0 Å². The van der Waals surface area contributed by atoms with Gasteiger partial charge >= 0.3 is 0 Å². The zero-order chi connectivity index (χ0) is 12.7. The molecule has 88 valence electrons. The van der Waals surface area contributed by atoms with Crippen molar-refractivity contribution in [3.63, 3.8) is 0 Å². The van der Waals surface area contributed by atoms with E-state index in [2.05, 4.69) is 26.8 Å². The molecule has 0 N–H and O–H groups in total. The van der Waals surface area contributed by atoms with Gasteiger partial charge < -0.3 is 0 Å². The first-order valence-electron chi connectivity index (χ1n) is 5.56. The van der Waals surface area contributed by atoms with Crippen LogP contribution in [0.2, 0.25) is 0 Å². The predicted octanol–water partition coefficient (Wildman–Crippen LogP) is 4.38. The molecular weight excluding hydrogens is 196 g/mol. The van der Waals surface area contributed by atoms with Crippen LogP contribution >= 0.6 is 0 Å². The molecule has 0 rings (SSSR count). The van der Waals surface area contributed by atoms with E-state index in [1.807, 2.05) is 32.1 Å². The fourth-order valence-electron chi connectivity index (χ4n) is 1.08. The lowest BCUT2D eigenvalue weighted by Gasteiger charge is -2.01. The lowest BCUT2D eigenvalue weighted by Crippen LogP contribution is -1.92. The fourth-order valence-corrected chi connectivity index (χ4v) is 1.08. The fraction of sp³-hybridized carbons (Fsp3) is 0.400. The lowest BCUT2D eigenvalue weighted by atomic mass is 10.0. The number of hydrogen-bond donors (Lipinski definition) is 0. The van der Waals surface area contributed by atoms with Crippen molar-refractivity contribution < 1.29 is 4.79 Å². The molecule has 0 aromatic rings. The van der Waals surface area contributed by atoms with Gasteiger partial charge in [0.1, 0.15) is 0 Å². The summed E-state index contributed by atoms with van der Waals surface area (Å²) in [6, 6.07) is 0. The Hall–Kier alpha value is -1.37. The average Bonchev–Trinajstić information content (AvgIpc) is 2.17. The first-order chi connectivity index (χ1) is 7.38. The van der Waals surface area contributed by atoms with Gasteiger partial charge in [0.05, 0.1) is 0 Å². The number of carbonyl (C=O) groups is 1. The van der Waals surface area contributed by atoms with Crippen LogP contribution in [0.25, 0.3) is 0 Å². The molecule has 1 nitrogen and oxygen atoms in total. The first-order valence-corrected chi connectivity index (χ1v) is 5.56. The summed E-state index contributed by atoms with van der Waals surface area (Å²) < 4.78 is 0. The average molecular weight is 218 g/mol. The van der Waals surface area contributed by atoms with E-state index in [4.69, 9.17) is 0 Å². The van der Waals surface area contributed by atoms with Gasteiger partial charge in [0.2, 0.25) is 0 Å². The Morgan fingerprint density at radius 3 is 1.88 bits per heavy atom. The summed E-state index contributed by atoms with van der Waals surface area (Å²) in [6.07, 6.45) is 8.02. The maximum atomic E-state index is 11.2. The minimum atomic E-state index is 0.116. The van der Waals surface area contributed by atoms with Gasteiger partial charge in [0.15, 0.2) is 5.78 Å². The monoisotopic (exact) mass is 218 g/mol. The number of allylic oxidation sites excluding steroid dienone is 8. The molecule has 0 atom stereocenters. The maximum absolute atomic E-state index is 11.2. The van der Waals surface area contributed by atoms with E-state index in [-0.39, 0.29) is 5.78 Å². The van der Waals surface area contributed by atoms with E-state index in [0.717, 1.165) is 11.1 Å². The highest BCUT2D eigenvalue weighted by Crippen LogP contribution is 2.12. The largest absolute Gasteiger partial charge is 0.295 e. The van der Waals surface area contributed by atoms with Gasteiger partial charge in [0, 0.05) is 0 Å². The molecular formula is C15H22O. The number of ketones is 1. The minimum absolute atomic E-state index is 0.116. The van der Waals surface area contributed by atoms with Crippen molar-refractivity contribution in [3.05, 3.63) is 46.6 Å².